The molecule has 7 nitrogen and oxygen atoms in total. The van der Waals surface area contributed by atoms with E-state index in [-0.39, 0.29) is 24.5 Å². The minimum Gasteiger partial charge on any atom is -0.376 e. The second kappa shape index (κ2) is 10.9. The topological polar surface area (TPSA) is 84.7 Å². The highest BCUT2D eigenvalue weighted by Gasteiger charge is 2.25. The number of unbranched alkanes of at least 4 members (excludes halogenated alkanes) is 2. The van der Waals surface area contributed by atoms with Gasteiger partial charge in [-0.15, -0.1) is 0 Å². The van der Waals surface area contributed by atoms with Crippen molar-refractivity contribution in [3.05, 3.63) is 47.2 Å². The number of amides is 2. The molecular formula is C23H31N3O4. The zero-order valence-corrected chi connectivity index (χ0v) is 17.9. The second-order valence-corrected chi connectivity index (χ2v) is 7.85. The lowest BCUT2D eigenvalue weighted by Crippen LogP contribution is -2.42. The molecule has 1 fully saturated rings. The Morgan fingerprint density at radius 1 is 1.23 bits per heavy atom. The van der Waals surface area contributed by atoms with Crippen LogP contribution in [0.25, 0.3) is 0 Å². The molecule has 2 heterocycles. The largest absolute Gasteiger partial charge is 0.376 e. The highest BCUT2D eigenvalue weighted by Crippen LogP contribution is 2.17. The van der Waals surface area contributed by atoms with Gasteiger partial charge in [0.25, 0.3) is 5.91 Å². The smallest absolute Gasteiger partial charge is 0.254 e. The van der Waals surface area contributed by atoms with Crippen molar-refractivity contribution < 1.29 is 18.8 Å². The fourth-order valence-corrected chi connectivity index (χ4v) is 3.61. The molecule has 0 bridgehead atoms. The third kappa shape index (κ3) is 6.42. The molecule has 0 spiro atoms. The van der Waals surface area contributed by atoms with E-state index in [1.165, 1.54) is 18.4 Å². The Balaban J connectivity index is 1.65. The van der Waals surface area contributed by atoms with Gasteiger partial charge in [-0.3, -0.25) is 9.59 Å². The molecule has 1 aromatic carbocycles. The van der Waals surface area contributed by atoms with Gasteiger partial charge in [-0.1, -0.05) is 37.1 Å². The molecule has 1 saturated heterocycles. The number of nitrogens with zero attached hydrogens (tertiary/aromatic N) is 2. The molecule has 1 aromatic heterocycles. The molecule has 2 amide bonds. The lowest BCUT2D eigenvalue weighted by Gasteiger charge is -2.25. The fraction of sp³-hybridized carbons (Fsp3) is 0.522. The van der Waals surface area contributed by atoms with Crippen molar-refractivity contribution in [2.75, 3.05) is 25.0 Å². The fourth-order valence-electron chi connectivity index (χ4n) is 3.61. The Kier molecular flexibility index (Phi) is 8.02. The van der Waals surface area contributed by atoms with Crippen molar-refractivity contribution in [2.24, 2.45) is 0 Å². The molecule has 0 radical (unpaired) electrons. The maximum Gasteiger partial charge on any atom is 0.254 e. The van der Waals surface area contributed by atoms with Crippen LogP contribution in [-0.4, -0.2) is 47.7 Å². The van der Waals surface area contributed by atoms with Gasteiger partial charge in [-0.2, -0.15) is 0 Å². The summed E-state index contributed by atoms with van der Waals surface area (Å²) in [6.07, 6.45) is 6.39. The number of rotatable bonds is 10. The van der Waals surface area contributed by atoms with E-state index in [0.717, 1.165) is 25.7 Å². The number of hydrogen-bond donors (Lipinski definition) is 1. The number of hydrogen-bond acceptors (Lipinski definition) is 5. The summed E-state index contributed by atoms with van der Waals surface area (Å²) in [6, 6.07) is 9.36. The third-order valence-corrected chi connectivity index (χ3v) is 5.24. The quantitative estimate of drug-likeness (QED) is 0.596. The number of aryl methyl sites for hydroxylation is 2. The minimum absolute atomic E-state index is 0.0376. The highest BCUT2D eigenvalue weighted by atomic mass is 16.5. The average molecular weight is 414 g/mol. The number of aromatic nitrogens is 1. The van der Waals surface area contributed by atoms with Crippen LogP contribution in [0.5, 0.6) is 0 Å². The van der Waals surface area contributed by atoms with Crippen molar-refractivity contribution >= 4 is 17.6 Å². The molecule has 2 aromatic rings. The van der Waals surface area contributed by atoms with Gasteiger partial charge in [0.15, 0.2) is 5.82 Å². The number of benzene rings is 1. The van der Waals surface area contributed by atoms with Crippen molar-refractivity contribution in [1.82, 2.24) is 10.1 Å². The summed E-state index contributed by atoms with van der Waals surface area (Å²) in [5.74, 6) is 0.470. The number of carbonyl (C=O) groups is 2. The first-order valence-corrected chi connectivity index (χ1v) is 10.8. The van der Waals surface area contributed by atoms with Crippen molar-refractivity contribution in [3.8, 4) is 0 Å². The predicted molar refractivity (Wildman–Crippen MR) is 114 cm³/mol. The zero-order valence-electron chi connectivity index (χ0n) is 17.9. The van der Waals surface area contributed by atoms with Crippen LogP contribution in [0.15, 0.2) is 34.9 Å². The normalized spacial score (nSPS) is 15.9. The maximum atomic E-state index is 13.2. The molecule has 7 heteroatoms. The molecule has 0 saturated carbocycles. The van der Waals surface area contributed by atoms with E-state index < -0.39 is 0 Å². The number of ether oxygens (including phenoxy) is 1. The number of nitrogens with one attached hydrogen (secondary N) is 1. The van der Waals surface area contributed by atoms with Crippen LogP contribution < -0.4 is 5.32 Å². The summed E-state index contributed by atoms with van der Waals surface area (Å²) in [6.45, 7) is 4.96. The first-order chi connectivity index (χ1) is 14.5. The predicted octanol–water partition coefficient (Wildman–Crippen LogP) is 3.98. The molecule has 30 heavy (non-hydrogen) atoms. The van der Waals surface area contributed by atoms with E-state index in [2.05, 4.69) is 17.4 Å². The Hall–Kier alpha value is -2.67. The summed E-state index contributed by atoms with van der Waals surface area (Å²) in [5.41, 5.74) is 1.81. The Morgan fingerprint density at radius 2 is 2.03 bits per heavy atom. The summed E-state index contributed by atoms with van der Waals surface area (Å²) in [5, 5.41) is 6.46. The zero-order chi connectivity index (χ0) is 21.3. The lowest BCUT2D eigenvalue weighted by atomic mass is 10.0. The minimum atomic E-state index is -0.314. The Labute approximate surface area is 177 Å². The van der Waals surface area contributed by atoms with Crippen LogP contribution in [0.1, 0.15) is 60.7 Å². The maximum absolute atomic E-state index is 13.2. The van der Waals surface area contributed by atoms with E-state index in [1.54, 1.807) is 17.9 Å². The van der Waals surface area contributed by atoms with E-state index in [4.69, 9.17) is 9.26 Å². The first-order valence-electron chi connectivity index (χ1n) is 10.8. The van der Waals surface area contributed by atoms with E-state index >= 15 is 0 Å². The van der Waals surface area contributed by atoms with Crippen LogP contribution in [0, 0.1) is 6.92 Å². The molecule has 1 aliphatic heterocycles. The highest BCUT2D eigenvalue weighted by molar-refractivity contribution is 5.99. The van der Waals surface area contributed by atoms with Crippen molar-refractivity contribution in [1.29, 1.82) is 0 Å². The van der Waals surface area contributed by atoms with Gasteiger partial charge in [-0.25, -0.2) is 0 Å². The van der Waals surface area contributed by atoms with Gasteiger partial charge >= 0.3 is 0 Å². The van der Waals surface area contributed by atoms with Crippen LogP contribution in [0.4, 0.5) is 5.82 Å². The van der Waals surface area contributed by atoms with Gasteiger partial charge < -0.3 is 19.5 Å². The second-order valence-electron chi connectivity index (χ2n) is 7.85. The standard InChI is InChI=1S/C23H31N3O4/c1-3-4-5-7-18-9-11-19(12-10-18)23(28)26(15-20-8-6-13-29-20)16-22(27)24-21-14-17(2)30-25-21/h9-12,14,20H,3-8,13,15-16H2,1-2H3,(H,24,25,27). The van der Waals surface area contributed by atoms with Crippen LogP contribution in [0.2, 0.25) is 0 Å². The van der Waals surface area contributed by atoms with Crippen LogP contribution in [-0.2, 0) is 16.0 Å². The molecule has 0 aliphatic carbocycles. The Morgan fingerprint density at radius 3 is 2.67 bits per heavy atom. The van der Waals surface area contributed by atoms with Gasteiger partial charge in [0, 0.05) is 24.8 Å². The molecular weight excluding hydrogens is 382 g/mol. The van der Waals surface area contributed by atoms with E-state index in [9.17, 15) is 9.59 Å². The lowest BCUT2D eigenvalue weighted by molar-refractivity contribution is -0.117. The van der Waals surface area contributed by atoms with Gasteiger partial charge in [0.05, 0.1) is 6.10 Å². The molecule has 1 N–H and O–H groups in total. The van der Waals surface area contributed by atoms with Gasteiger partial charge in [0.1, 0.15) is 12.3 Å². The number of anilines is 1. The van der Waals surface area contributed by atoms with E-state index in [1.807, 2.05) is 24.3 Å². The summed E-state index contributed by atoms with van der Waals surface area (Å²) < 4.78 is 10.7. The molecule has 3 rings (SSSR count). The van der Waals surface area contributed by atoms with Gasteiger partial charge in [0.2, 0.25) is 5.91 Å². The van der Waals surface area contributed by atoms with Crippen molar-refractivity contribution in [3.63, 3.8) is 0 Å². The summed E-state index contributed by atoms with van der Waals surface area (Å²) in [4.78, 5) is 27.2. The molecule has 162 valence electrons. The Bertz CT molecular complexity index is 825. The summed E-state index contributed by atoms with van der Waals surface area (Å²) in [7, 11) is 0. The van der Waals surface area contributed by atoms with Crippen LogP contribution in [0.3, 0.4) is 0 Å². The van der Waals surface area contributed by atoms with Crippen molar-refractivity contribution in [2.45, 2.75) is 58.5 Å². The average Bonchev–Trinajstić information content (AvgIpc) is 3.39. The molecule has 1 aliphatic rings. The van der Waals surface area contributed by atoms with E-state index in [0.29, 0.717) is 30.3 Å². The number of carbonyl (C=O) groups excluding carboxylic acids is 2. The first kappa shape index (κ1) is 22.0. The third-order valence-electron chi connectivity index (χ3n) is 5.24. The summed E-state index contributed by atoms with van der Waals surface area (Å²) >= 11 is 0. The molecule has 1 unspecified atom stereocenters. The van der Waals surface area contributed by atoms with Gasteiger partial charge in [-0.05, 0) is 50.3 Å². The molecule has 1 atom stereocenters. The SMILES string of the molecule is CCCCCc1ccc(C(=O)N(CC(=O)Nc2cc(C)on2)CC2CCCO2)cc1. The monoisotopic (exact) mass is 413 g/mol. The van der Waals surface area contributed by atoms with Crippen LogP contribution >= 0.6 is 0 Å².